The number of hydrogen-bond acceptors (Lipinski definition) is 4. The predicted molar refractivity (Wildman–Crippen MR) is 97.5 cm³/mol. The SMILES string of the molecule is COc1ccc(Cl)c(OC)c1C(=O)NC(=O)Nc1cc(Cl)cc(Cl)c1. The second-order valence-electron chi connectivity index (χ2n) is 4.72. The molecule has 0 saturated carbocycles. The number of urea groups is 1. The Kier molecular flexibility index (Phi) is 6.36. The maximum absolute atomic E-state index is 12.4. The number of rotatable bonds is 4. The van der Waals surface area contributed by atoms with Crippen LogP contribution in [0.25, 0.3) is 0 Å². The van der Waals surface area contributed by atoms with Gasteiger partial charge in [0.25, 0.3) is 5.91 Å². The van der Waals surface area contributed by atoms with E-state index in [0.29, 0.717) is 15.7 Å². The molecule has 0 aliphatic heterocycles. The van der Waals surface area contributed by atoms with E-state index in [2.05, 4.69) is 10.6 Å². The Morgan fingerprint density at radius 1 is 0.960 bits per heavy atom. The lowest BCUT2D eigenvalue weighted by atomic mass is 10.1. The van der Waals surface area contributed by atoms with Crippen LogP contribution in [0.4, 0.5) is 10.5 Å². The minimum Gasteiger partial charge on any atom is -0.496 e. The number of halogens is 3. The van der Waals surface area contributed by atoms with Gasteiger partial charge in [-0.05, 0) is 30.3 Å². The third kappa shape index (κ3) is 4.69. The number of amides is 3. The van der Waals surface area contributed by atoms with Crippen LogP contribution in [0.2, 0.25) is 15.1 Å². The fraction of sp³-hybridized carbons (Fsp3) is 0.125. The van der Waals surface area contributed by atoms with Gasteiger partial charge in [0.15, 0.2) is 5.75 Å². The lowest BCUT2D eigenvalue weighted by molar-refractivity contribution is 0.0961. The normalized spacial score (nSPS) is 10.1. The molecular weight excluding hydrogens is 391 g/mol. The smallest absolute Gasteiger partial charge is 0.326 e. The summed E-state index contributed by atoms with van der Waals surface area (Å²) in [5.41, 5.74) is 0.324. The fourth-order valence-electron chi connectivity index (χ4n) is 2.08. The number of nitrogens with one attached hydrogen (secondary N) is 2. The molecule has 2 aromatic rings. The summed E-state index contributed by atoms with van der Waals surface area (Å²) < 4.78 is 10.3. The summed E-state index contributed by atoms with van der Waals surface area (Å²) in [6, 6.07) is 6.71. The van der Waals surface area contributed by atoms with Crippen LogP contribution >= 0.6 is 34.8 Å². The van der Waals surface area contributed by atoms with E-state index in [1.54, 1.807) is 0 Å². The zero-order valence-corrected chi connectivity index (χ0v) is 15.4. The molecule has 132 valence electrons. The molecule has 0 unspecified atom stereocenters. The fourth-order valence-corrected chi connectivity index (χ4v) is 2.84. The summed E-state index contributed by atoms with van der Waals surface area (Å²) in [4.78, 5) is 24.5. The Morgan fingerprint density at radius 3 is 2.16 bits per heavy atom. The minimum atomic E-state index is -0.785. The third-order valence-electron chi connectivity index (χ3n) is 3.07. The van der Waals surface area contributed by atoms with Crippen molar-refractivity contribution >= 4 is 52.4 Å². The molecule has 0 fully saturated rings. The van der Waals surface area contributed by atoms with Gasteiger partial charge in [-0.1, -0.05) is 34.8 Å². The van der Waals surface area contributed by atoms with E-state index in [-0.39, 0.29) is 22.1 Å². The van der Waals surface area contributed by atoms with E-state index < -0.39 is 11.9 Å². The molecule has 0 bridgehead atoms. The highest BCUT2D eigenvalue weighted by molar-refractivity contribution is 6.35. The number of carbonyl (C=O) groups is 2. The zero-order chi connectivity index (χ0) is 18.6. The highest BCUT2D eigenvalue weighted by Gasteiger charge is 2.22. The van der Waals surface area contributed by atoms with Gasteiger partial charge in [-0.3, -0.25) is 10.1 Å². The highest BCUT2D eigenvalue weighted by Crippen LogP contribution is 2.35. The molecule has 0 radical (unpaired) electrons. The van der Waals surface area contributed by atoms with Crippen molar-refractivity contribution in [1.82, 2.24) is 5.32 Å². The molecule has 0 aromatic heterocycles. The van der Waals surface area contributed by atoms with Crippen molar-refractivity contribution in [1.29, 1.82) is 0 Å². The van der Waals surface area contributed by atoms with Gasteiger partial charge in [0.05, 0.1) is 19.2 Å². The lowest BCUT2D eigenvalue weighted by Crippen LogP contribution is -2.34. The van der Waals surface area contributed by atoms with E-state index in [1.807, 2.05) is 0 Å². The second-order valence-corrected chi connectivity index (χ2v) is 6.00. The predicted octanol–water partition coefficient (Wildman–Crippen LogP) is 4.63. The Hall–Kier alpha value is -2.15. The van der Waals surface area contributed by atoms with Gasteiger partial charge >= 0.3 is 6.03 Å². The minimum absolute atomic E-state index is 0.00298. The van der Waals surface area contributed by atoms with Crippen molar-refractivity contribution in [3.05, 3.63) is 51.0 Å². The van der Waals surface area contributed by atoms with Crippen LogP contribution in [0.15, 0.2) is 30.3 Å². The topological polar surface area (TPSA) is 76.7 Å². The van der Waals surface area contributed by atoms with Crippen LogP contribution in [0, 0.1) is 0 Å². The highest BCUT2D eigenvalue weighted by atomic mass is 35.5. The summed E-state index contributed by atoms with van der Waals surface area (Å²) in [5.74, 6) is -0.448. The molecule has 0 atom stereocenters. The number of carbonyl (C=O) groups excluding carboxylic acids is 2. The Morgan fingerprint density at radius 2 is 1.60 bits per heavy atom. The standard InChI is InChI=1S/C16H13Cl3N2O4/c1-24-12-4-3-11(19)14(25-2)13(12)15(22)21-16(23)20-10-6-8(17)5-9(18)7-10/h3-7H,1-2H3,(H2,20,21,22,23). The summed E-state index contributed by atoms with van der Waals surface area (Å²) >= 11 is 17.7. The molecule has 3 amide bonds. The first kappa shape index (κ1) is 19.2. The second kappa shape index (κ2) is 8.29. The van der Waals surface area contributed by atoms with Crippen molar-refractivity contribution in [3.63, 3.8) is 0 Å². The van der Waals surface area contributed by atoms with Crippen molar-refractivity contribution < 1.29 is 19.1 Å². The van der Waals surface area contributed by atoms with Crippen molar-refractivity contribution in [3.8, 4) is 11.5 Å². The largest absolute Gasteiger partial charge is 0.496 e. The Bertz CT molecular complexity index is 807. The lowest BCUT2D eigenvalue weighted by Gasteiger charge is -2.14. The summed E-state index contributed by atoms with van der Waals surface area (Å²) in [6.45, 7) is 0. The number of ether oxygens (including phenoxy) is 2. The molecule has 2 aromatic carbocycles. The molecule has 0 spiro atoms. The van der Waals surface area contributed by atoms with Gasteiger partial charge in [0.2, 0.25) is 0 Å². The maximum Gasteiger partial charge on any atom is 0.326 e. The van der Waals surface area contributed by atoms with E-state index in [4.69, 9.17) is 44.3 Å². The van der Waals surface area contributed by atoms with Crippen molar-refractivity contribution in [2.75, 3.05) is 19.5 Å². The third-order valence-corrected chi connectivity index (χ3v) is 3.80. The number of hydrogen-bond donors (Lipinski definition) is 2. The first-order chi connectivity index (χ1) is 11.8. The monoisotopic (exact) mass is 402 g/mol. The number of anilines is 1. The quantitative estimate of drug-likeness (QED) is 0.780. The Balaban J connectivity index is 2.22. The van der Waals surface area contributed by atoms with Gasteiger partial charge in [-0.15, -0.1) is 0 Å². The van der Waals surface area contributed by atoms with Gasteiger partial charge < -0.3 is 14.8 Å². The van der Waals surface area contributed by atoms with Gasteiger partial charge in [0.1, 0.15) is 11.3 Å². The molecule has 0 aliphatic carbocycles. The average Bonchev–Trinajstić information content (AvgIpc) is 2.53. The number of imide groups is 1. The van der Waals surface area contributed by atoms with E-state index in [9.17, 15) is 9.59 Å². The van der Waals surface area contributed by atoms with Crippen LogP contribution in [0.3, 0.4) is 0 Å². The van der Waals surface area contributed by atoms with Gasteiger partial charge in [-0.2, -0.15) is 0 Å². The Labute approximate surface area is 159 Å². The molecule has 2 N–H and O–H groups in total. The van der Waals surface area contributed by atoms with Gasteiger partial charge in [-0.25, -0.2) is 4.79 Å². The molecule has 0 heterocycles. The van der Waals surface area contributed by atoms with Crippen molar-refractivity contribution in [2.45, 2.75) is 0 Å². The first-order valence-corrected chi connectivity index (χ1v) is 7.98. The van der Waals surface area contributed by atoms with Crippen LogP contribution < -0.4 is 20.1 Å². The first-order valence-electron chi connectivity index (χ1n) is 6.84. The maximum atomic E-state index is 12.4. The van der Waals surface area contributed by atoms with E-state index in [0.717, 1.165) is 0 Å². The van der Waals surface area contributed by atoms with Crippen LogP contribution in [0.5, 0.6) is 11.5 Å². The molecule has 6 nitrogen and oxygen atoms in total. The van der Waals surface area contributed by atoms with E-state index >= 15 is 0 Å². The molecule has 9 heteroatoms. The summed E-state index contributed by atoms with van der Waals surface area (Å²) in [5, 5.41) is 5.51. The summed E-state index contributed by atoms with van der Waals surface area (Å²) in [6.07, 6.45) is 0. The molecule has 0 saturated heterocycles. The zero-order valence-electron chi connectivity index (χ0n) is 13.2. The average molecular weight is 404 g/mol. The van der Waals surface area contributed by atoms with Crippen LogP contribution in [-0.2, 0) is 0 Å². The number of benzene rings is 2. The molecular formula is C16H13Cl3N2O4. The number of methoxy groups -OCH3 is 2. The molecule has 25 heavy (non-hydrogen) atoms. The summed E-state index contributed by atoms with van der Waals surface area (Å²) in [7, 11) is 2.74. The van der Waals surface area contributed by atoms with Gasteiger partial charge in [0, 0.05) is 15.7 Å². The van der Waals surface area contributed by atoms with Crippen LogP contribution in [0.1, 0.15) is 10.4 Å². The molecule has 0 aliphatic rings. The molecule has 2 rings (SSSR count). The van der Waals surface area contributed by atoms with E-state index in [1.165, 1.54) is 44.6 Å². The van der Waals surface area contributed by atoms with Crippen molar-refractivity contribution in [2.24, 2.45) is 0 Å². The van der Waals surface area contributed by atoms with Crippen LogP contribution in [-0.4, -0.2) is 26.2 Å².